The van der Waals surface area contributed by atoms with Crippen LogP contribution in [0.3, 0.4) is 0 Å². The number of aliphatic imine (C=N–C) groups is 1. The molecule has 1 saturated heterocycles. The lowest BCUT2D eigenvalue weighted by molar-refractivity contribution is -0.402. The van der Waals surface area contributed by atoms with Crippen LogP contribution in [0, 0.1) is 17.0 Å². The smallest absolute Gasteiger partial charge is 0.433 e. The van der Waals surface area contributed by atoms with Crippen LogP contribution in [0.2, 0.25) is 0 Å². The van der Waals surface area contributed by atoms with Crippen LogP contribution in [0.25, 0.3) is 6.08 Å². The van der Waals surface area contributed by atoms with Crippen molar-refractivity contribution in [2.45, 2.75) is 6.92 Å². The second-order valence-corrected chi connectivity index (χ2v) is 6.12. The number of ether oxygens (including phenoxy) is 1. The summed E-state index contributed by atoms with van der Waals surface area (Å²) in [5.41, 5.74) is 1.60. The van der Waals surface area contributed by atoms with E-state index in [1.54, 1.807) is 13.2 Å². The van der Waals surface area contributed by atoms with Gasteiger partial charge in [0.25, 0.3) is 5.91 Å². The molecule has 1 aromatic heterocycles. The van der Waals surface area contributed by atoms with E-state index in [1.807, 2.05) is 19.1 Å². The van der Waals surface area contributed by atoms with Gasteiger partial charge in [-0.05, 0) is 42.4 Å². The number of carbonyl (C=O) groups is 1. The van der Waals surface area contributed by atoms with Crippen LogP contribution in [0.15, 0.2) is 44.6 Å². The third kappa shape index (κ3) is 3.72. The molecule has 0 aliphatic carbocycles. The zero-order valence-corrected chi connectivity index (χ0v) is 14.1. The van der Waals surface area contributed by atoms with Gasteiger partial charge in [0, 0.05) is 6.08 Å². The average Bonchev–Trinajstić information content (AvgIpc) is 3.15. The minimum atomic E-state index is -0.638. The molecule has 1 aromatic carbocycles. The number of benzene rings is 1. The van der Waals surface area contributed by atoms with E-state index in [0.29, 0.717) is 21.5 Å². The Morgan fingerprint density at radius 3 is 2.84 bits per heavy atom. The predicted octanol–water partition coefficient (Wildman–Crippen LogP) is 3.40. The number of thioether (sulfide) groups is 1. The molecule has 2 aromatic rings. The Labute approximate surface area is 146 Å². The maximum atomic E-state index is 12.1. The number of nitrogens with zero attached hydrogens (tertiary/aromatic N) is 2. The molecule has 0 saturated carbocycles. The first-order chi connectivity index (χ1) is 12.0. The number of amides is 1. The van der Waals surface area contributed by atoms with Crippen molar-refractivity contribution < 1.29 is 18.9 Å². The molecule has 128 valence electrons. The fourth-order valence-electron chi connectivity index (χ4n) is 2.12. The van der Waals surface area contributed by atoms with Gasteiger partial charge in [-0.2, -0.15) is 0 Å². The molecule has 8 nitrogen and oxygen atoms in total. The highest BCUT2D eigenvalue weighted by molar-refractivity contribution is 8.18. The summed E-state index contributed by atoms with van der Waals surface area (Å²) in [6, 6.07) is 8.21. The first kappa shape index (κ1) is 16.8. The maximum Gasteiger partial charge on any atom is 0.433 e. The van der Waals surface area contributed by atoms with Crippen LogP contribution >= 0.6 is 11.8 Å². The van der Waals surface area contributed by atoms with Gasteiger partial charge in [-0.15, -0.1) is 0 Å². The van der Waals surface area contributed by atoms with Crippen LogP contribution in [0.5, 0.6) is 5.75 Å². The number of carbonyl (C=O) groups excluding carboxylic acids is 1. The zero-order chi connectivity index (χ0) is 18.0. The Balaban J connectivity index is 1.86. The summed E-state index contributed by atoms with van der Waals surface area (Å²) in [5, 5.41) is 13.7. The summed E-state index contributed by atoms with van der Waals surface area (Å²) in [6.07, 6.45) is 1.43. The predicted molar refractivity (Wildman–Crippen MR) is 93.9 cm³/mol. The number of aryl methyl sites for hydroxylation is 1. The van der Waals surface area contributed by atoms with E-state index in [2.05, 4.69) is 10.3 Å². The van der Waals surface area contributed by atoms with Crippen LogP contribution in [0.1, 0.15) is 11.3 Å². The molecule has 0 bridgehead atoms. The number of nitro groups is 1. The van der Waals surface area contributed by atoms with E-state index in [0.717, 1.165) is 17.3 Å². The average molecular weight is 359 g/mol. The third-order valence-electron chi connectivity index (χ3n) is 3.27. The monoisotopic (exact) mass is 359 g/mol. The largest absolute Gasteiger partial charge is 0.494 e. The molecule has 1 N–H and O–H groups in total. The van der Waals surface area contributed by atoms with Gasteiger partial charge >= 0.3 is 5.88 Å². The van der Waals surface area contributed by atoms with Gasteiger partial charge in [0.05, 0.1) is 18.1 Å². The lowest BCUT2D eigenvalue weighted by Gasteiger charge is -2.05. The van der Waals surface area contributed by atoms with Gasteiger partial charge in [-0.3, -0.25) is 14.9 Å². The number of hydrogen-bond donors (Lipinski definition) is 1. The Morgan fingerprint density at radius 2 is 2.16 bits per heavy atom. The molecule has 1 aliphatic heterocycles. The van der Waals surface area contributed by atoms with E-state index in [9.17, 15) is 14.9 Å². The minimum absolute atomic E-state index is 0.221. The molecule has 0 atom stereocenters. The second kappa shape index (κ2) is 6.81. The molecule has 0 radical (unpaired) electrons. The standard InChI is InChI=1S/C16H13N3O5S/c1-9-3-5-12(23-2)11(7-9)17-16-18-15(20)13(25-16)8-10-4-6-14(24-10)19(21)22/h3-8H,1-2H3,(H,17,18,20)/b13-8-. The van der Waals surface area contributed by atoms with Crippen molar-refractivity contribution in [2.75, 3.05) is 7.11 Å². The number of amidine groups is 1. The van der Waals surface area contributed by atoms with E-state index in [-0.39, 0.29) is 17.6 Å². The normalized spacial score (nSPS) is 17.1. The van der Waals surface area contributed by atoms with Crippen molar-refractivity contribution >= 4 is 40.5 Å². The molecule has 3 rings (SSSR count). The molecule has 25 heavy (non-hydrogen) atoms. The van der Waals surface area contributed by atoms with E-state index in [1.165, 1.54) is 18.2 Å². The molecular formula is C16H13N3O5S. The number of methoxy groups -OCH3 is 1. The molecule has 2 heterocycles. The summed E-state index contributed by atoms with van der Waals surface area (Å²) < 4.78 is 10.3. The van der Waals surface area contributed by atoms with E-state index in [4.69, 9.17) is 9.15 Å². The molecule has 0 unspecified atom stereocenters. The number of nitrogens with one attached hydrogen (secondary N) is 1. The summed E-state index contributed by atoms with van der Waals surface area (Å²) in [6.45, 7) is 1.93. The summed E-state index contributed by atoms with van der Waals surface area (Å²) in [5.74, 6) is 0.0776. The van der Waals surface area contributed by atoms with Crippen LogP contribution in [-0.2, 0) is 4.79 Å². The lowest BCUT2D eigenvalue weighted by Crippen LogP contribution is -2.19. The highest BCUT2D eigenvalue weighted by atomic mass is 32.2. The van der Waals surface area contributed by atoms with Crippen molar-refractivity contribution in [2.24, 2.45) is 4.99 Å². The van der Waals surface area contributed by atoms with Crippen molar-refractivity contribution in [3.8, 4) is 5.75 Å². The van der Waals surface area contributed by atoms with Gasteiger partial charge in [0.15, 0.2) is 5.17 Å². The minimum Gasteiger partial charge on any atom is -0.494 e. The van der Waals surface area contributed by atoms with E-state index >= 15 is 0 Å². The Hall–Kier alpha value is -3.07. The molecule has 1 fully saturated rings. The first-order valence-electron chi connectivity index (χ1n) is 7.15. The molecule has 0 spiro atoms. The van der Waals surface area contributed by atoms with Gasteiger partial charge < -0.3 is 14.5 Å². The highest BCUT2D eigenvalue weighted by Gasteiger charge is 2.25. The maximum absolute atomic E-state index is 12.1. The highest BCUT2D eigenvalue weighted by Crippen LogP contribution is 2.33. The van der Waals surface area contributed by atoms with Gasteiger partial charge in [-0.1, -0.05) is 6.07 Å². The SMILES string of the molecule is COc1ccc(C)cc1N=C1NC(=O)/C(=C/c2ccc([N+](=O)[O-])o2)S1. The molecule has 9 heteroatoms. The fourth-order valence-corrected chi connectivity index (χ4v) is 2.94. The number of rotatable bonds is 4. The number of hydrogen-bond acceptors (Lipinski definition) is 7. The summed E-state index contributed by atoms with van der Waals surface area (Å²) in [4.78, 5) is 26.8. The molecule has 1 amide bonds. The summed E-state index contributed by atoms with van der Waals surface area (Å²) in [7, 11) is 1.55. The van der Waals surface area contributed by atoms with Crippen LogP contribution < -0.4 is 10.1 Å². The topological polar surface area (TPSA) is 107 Å². The second-order valence-electron chi connectivity index (χ2n) is 5.09. The Kier molecular flexibility index (Phi) is 4.57. The quantitative estimate of drug-likeness (QED) is 0.509. The van der Waals surface area contributed by atoms with Crippen molar-refractivity contribution in [1.82, 2.24) is 5.32 Å². The fraction of sp³-hybridized carbons (Fsp3) is 0.125. The Bertz CT molecular complexity index is 916. The summed E-state index contributed by atoms with van der Waals surface area (Å²) >= 11 is 1.12. The first-order valence-corrected chi connectivity index (χ1v) is 7.96. The van der Waals surface area contributed by atoms with Gasteiger partial charge in [0.2, 0.25) is 0 Å². The van der Waals surface area contributed by atoms with Gasteiger partial charge in [0.1, 0.15) is 22.1 Å². The Morgan fingerprint density at radius 1 is 1.36 bits per heavy atom. The van der Waals surface area contributed by atoms with Gasteiger partial charge in [-0.25, -0.2) is 4.99 Å². The third-order valence-corrected chi connectivity index (χ3v) is 4.18. The zero-order valence-electron chi connectivity index (χ0n) is 13.3. The van der Waals surface area contributed by atoms with Crippen LogP contribution in [0.4, 0.5) is 11.6 Å². The number of furan rings is 1. The van der Waals surface area contributed by atoms with E-state index < -0.39 is 4.92 Å². The van der Waals surface area contributed by atoms with Crippen molar-refractivity contribution in [3.63, 3.8) is 0 Å². The van der Waals surface area contributed by atoms with Crippen LogP contribution in [-0.4, -0.2) is 23.1 Å². The van der Waals surface area contributed by atoms with Crippen molar-refractivity contribution in [3.05, 3.63) is 56.7 Å². The molecular weight excluding hydrogens is 346 g/mol. The molecule has 1 aliphatic rings. The lowest BCUT2D eigenvalue weighted by atomic mass is 10.2. The van der Waals surface area contributed by atoms with Crippen molar-refractivity contribution in [1.29, 1.82) is 0 Å².